The van der Waals surface area contributed by atoms with E-state index in [1.807, 2.05) is 23.7 Å². The van der Waals surface area contributed by atoms with E-state index < -0.39 is 0 Å². The van der Waals surface area contributed by atoms with Crippen molar-refractivity contribution in [1.82, 2.24) is 19.7 Å². The minimum atomic E-state index is 0.211. The summed E-state index contributed by atoms with van der Waals surface area (Å²) in [6.07, 6.45) is 5.46. The number of hydrogen-bond acceptors (Lipinski definition) is 5. The van der Waals surface area contributed by atoms with Crippen molar-refractivity contribution >= 4 is 0 Å². The SMILES string of the molecule is Cc1cc(-n2nc(C(C)C)nc2COCC2CCCCO2)ccn1. The fraction of sp³-hybridized carbons (Fsp3) is 0.611. The third-order valence-corrected chi connectivity index (χ3v) is 4.14. The Balaban J connectivity index is 1.73. The molecule has 1 aliphatic heterocycles. The van der Waals surface area contributed by atoms with Gasteiger partial charge in [0.1, 0.15) is 6.61 Å². The van der Waals surface area contributed by atoms with E-state index in [9.17, 15) is 0 Å². The van der Waals surface area contributed by atoms with Gasteiger partial charge >= 0.3 is 0 Å². The van der Waals surface area contributed by atoms with E-state index in [4.69, 9.17) is 9.47 Å². The van der Waals surface area contributed by atoms with Crippen molar-refractivity contribution in [2.24, 2.45) is 0 Å². The molecule has 0 aromatic carbocycles. The number of pyridine rings is 1. The summed E-state index contributed by atoms with van der Waals surface area (Å²) in [6, 6.07) is 3.95. The molecule has 2 aromatic rings. The number of nitrogens with zero attached hydrogens (tertiary/aromatic N) is 4. The second-order valence-electron chi connectivity index (χ2n) is 6.61. The smallest absolute Gasteiger partial charge is 0.158 e. The molecule has 1 saturated heterocycles. The molecule has 6 nitrogen and oxygen atoms in total. The van der Waals surface area contributed by atoms with Gasteiger partial charge in [0.2, 0.25) is 0 Å². The highest BCUT2D eigenvalue weighted by molar-refractivity contribution is 5.31. The van der Waals surface area contributed by atoms with Crippen molar-refractivity contribution in [3.8, 4) is 5.69 Å². The third-order valence-electron chi connectivity index (χ3n) is 4.14. The molecule has 0 spiro atoms. The summed E-state index contributed by atoms with van der Waals surface area (Å²) < 4.78 is 13.5. The Morgan fingerprint density at radius 3 is 2.96 bits per heavy atom. The molecule has 0 saturated carbocycles. The summed E-state index contributed by atoms with van der Waals surface area (Å²) in [5.41, 5.74) is 1.92. The first kappa shape index (κ1) is 17.0. The van der Waals surface area contributed by atoms with E-state index in [0.29, 0.717) is 13.2 Å². The molecule has 24 heavy (non-hydrogen) atoms. The van der Waals surface area contributed by atoms with E-state index in [1.165, 1.54) is 6.42 Å². The van der Waals surface area contributed by atoms with E-state index in [0.717, 1.165) is 42.5 Å². The van der Waals surface area contributed by atoms with Crippen molar-refractivity contribution < 1.29 is 9.47 Å². The van der Waals surface area contributed by atoms with E-state index in [2.05, 4.69) is 28.9 Å². The van der Waals surface area contributed by atoms with E-state index >= 15 is 0 Å². The average molecular weight is 330 g/mol. The summed E-state index contributed by atoms with van der Waals surface area (Å²) in [6.45, 7) is 8.05. The second-order valence-corrected chi connectivity index (χ2v) is 6.61. The zero-order valence-corrected chi connectivity index (χ0v) is 14.7. The van der Waals surface area contributed by atoms with Gasteiger partial charge in [-0.1, -0.05) is 13.8 Å². The van der Waals surface area contributed by atoms with Gasteiger partial charge in [0, 0.05) is 24.4 Å². The lowest BCUT2D eigenvalue weighted by Crippen LogP contribution is -2.24. The molecule has 1 fully saturated rings. The zero-order chi connectivity index (χ0) is 16.9. The zero-order valence-electron chi connectivity index (χ0n) is 14.7. The average Bonchev–Trinajstić information content (AvgIpc) is 3.00. The number of ether oxygens (including phenoxy) is 2. The van der Waals surface area contributed by atoms with Gasteiger partial charge < -0.3 is 9.47 Å². The maximum Gasteiger partial charge on any atom is 0.158 e. The van der Waals surface area contributed by atoms with Gasteiger partial charge in [-0.25, -0.2) is 9.67 Å². The van der Waals surface area contributed by atoms with Crippen LogP contribution in [0.3, 0.4) is 0 Å². The number of aromatic nitrogens is 4. The number of aryl methyl sites for hydroxylation is 1. The molecule has 0 aliphatic carbocycles. The van der Waals surface area contributed by atoms with E-state index in [1.54, 1.807) is 6.20 Å². The van der Waals surface area contributed by atoms with Gasteiger partial charge in [-0.3, -0.25) is 4.98 Å². The molecule has 3 rings (SSSR count). The fourth-order valence-corrected chi connectivity index (χ4v) is 2.79. The maximum absolute atomic E-state index is 5.88. The van der Waals surface area contributed by atoms with Crippen molar-refractivity contribution in [1.29, 1.82) is 0 Å². The van der Waals surface area contributed by atoms with Crippen LogP contribution in [0, 0.1) is 6.92 Å². The van der Waals surface area contributed by atoms with Crippen LogP contribution >= 0.6 is 0 Å². The topological polar surface area (TPSA) is 62.1 Å². The van der Waals surface area contributed by atoms with Crippen LogP contribution in [-0.2, 0) is 16.1 Å². The molecule has 2 aromatic heterocycles. The Bertz CT molecular complexity index is 663. The highest BCUT2D eigenvalue weighted by Crippen LogP contribution is 2.17. The lowest BCUT2D eigenvalue weighted by atomic mass is 10.1. The van der Waals surface area contributed by atoms with Crippen molar-refractivity contribution in [3.63, 3.8) is 0 Å². The van der Waals surface area contributed by atoms with Crippen molar-refractivity contribution in [3.05, 3.63) is 35.7 Å². The van der Waals surface area contributed by atoms with Crippen molar-refractivity contribution in [2.75, 3.05) is 13.2 Å². The van der Waals surface area contributed by atoms with Gasteiger partial charge in [-0.05, 0) is 38.3 Å². The molecular formula is C18H26N4O2. The van der Waals surface area contributed by atoms with Gasteiger partial charge in [-0.2, -0.15) is 5.10 Å². The molecule has 1 unspecified atom stereocenters. The van der Waals surface area contributed by atoms with Crippen LogP contribution in [-0.4, -0.2) is 39.1 Å². The van der Waals surface area contributed by atoms with Crippen LogP contribution in [0.25, 0.3) is 5.69 Å². The third kappa shape index (κ3) is 4.19. The van der Waals surface area contributed by atoms with Crippen LogP contribution in [0.1, 0.15) is 56.4 Å². The maximum atomic E-state index is 5.88. The predicted molar refractivity (Wildman–Crippen MR) is 91.2 cm³/mol. The van der Waals surface area contributed by atoms with Gasteiger partial charge in [0.15, 0.2) is 11.6 Å². The first-order valence-corrected chi connectivity index (χ1v) is 8.71. The monoisotopic (exact) mass is 330 g/mol. The molecule has 0 N–H and O–H groups in total. The second kappa shape index (κ2) is 7.85. The van der Waals surface area contributed by atoms with E-state index in [-0.39, 0.29) is 12.0 Å². The minimum absolute atomic E-state index is 0.211. The predicted octanol–water partition coefficient (Wildman–Crippen LogP) is 3.18. The van der Waals surface area contributed by atoms with Gasteiger partial charge in [0.05, 0.1) is 18.4 Å². The molecule has 6 heteroatoms. The Morgan fingerprint density at radius 2 is 2.25 bits per heavy atom. The quantitative estimate of drug-likeness (QED) is 0.814. The van der Waals surface area contributed by atoms with Gasteiger partial charge in [-0.15, -0.1) is 0 Å². The van der Waals surface area contributed by atoms with Crippen LogP contribution in [0.4, 0.5) is 0 Å². The van der Waals surface area contributed by atoms with Crippen LogP contribution < -0.4 is 0 Å². The van der Waals surface area contributed by atoms with Crippen LogP contribution in [0.15, 0.2) is 18.3 Å². The first-order chi connectivity index (χ1) is 11.6. The molecule has 0 bridgehead atoms. The lowest BCUT2D eigenvalue weighted by molar-refractivity contribution is -0.0460. The van der Waals surface area contributed by atoms with Crippen LogP contribution in [0.2, 0.25) is 0 Å². The molecule has 0 radical (unpaired) electrons. The molecule has 1 aliphatic rings. The standard InChI is InChI=1S/C18H26N4O2/c1-13(2)18-20-17(12-23-11-16-6-4-5-9-24-16)22(21-18)15-7-8-19-14(3)10-15/h7-8,10,13,16H,4-6,9,11-12H2,1-3H3. The van der Waals surface area contributed by atoms with Crippen LogP contribution in [0.5, 0.6) is 0 Å². The number of hydrogen-bond donors (Lipinski definition) is 0. The molecule has 0 amide bonds. The summed E-state index contributed by atoms with van der Waals surface area (Å²) in [4.78, 5) is 8.91. The summed E-state index contributed by atoms with van der Waals surface area (Å²) in [5.74, 6) is 1.92. The summed E-state index contributed by atoms with van der Waals surface area (Å²) >= 11 is 0. The molecule has 130 valence electrons. The Kier molecular flexibility index (Phi) is 5.58. The normalized spacial score (nSPS) is 18.2. The Hall–Kier alpha value is -1.79. The largest absolute Gasteiger partial charge is 0.376 e. The lowest BCUT2D eigenvalue weighted by Gasteiger charge is -2.22. The van der Waals surface area contributed by atoms with Gasteiger partial charge in [0.25, 0.3) is 0 Å². The first-order valence-electron chi connectivity index (χ1n) is 8.71. The summed E-state index contributed by atoms with van der Waals surface area (Å²) in [7, 11) is 0. The number of rotatable bonds is 6. The fourth-order valence-electron chi connectivity index (χ4n) is 2.79. The molecular weight excluding hydrogens is 304 g/mol. The Morgan fingerprint density at radius 1 is 1.38 bits per heavy atom. The highest BCUT2D eigenvalue weighted by atomic mass is 16.5. The molecule has 1 atom stereocenters. The summed E-state index contributed by atoms with van der Waals surface area (Å²) in [5, 5.41) is 4.65. The van der Waals surface area contributed by atoms with Crippen molar-refractivity contribution in [2.45, 2.75) is 58.7 Å². The Labute approximate surface area is 143 Å². The highest BCUT2D eigenvalue weighted by Gasteiger charge is 2.17. The minimum Gasteiger partial charge on any atom is -0.376 e. The molecule has 3 heterocycles.